The summed E-state index contributed by atoms with van der Waals surface area (Å²) in [4.78, 5) is 13.7. The quantitative estimate of drug-likeness (QED) is 0.278. The highest BCUT2D eigenvalue weighted by Gasteiger charge is 2.34. The van der Waals surface area contributed by atoms with Gasteiger partial charge in [-0.15, -0.1) is 0 Å². The molecule has 2 aromatic carbocycles. The van der Waals surface area contributed by atoms with Gasteiger partial charge in [-0.25, -0.2) is 0 Å². The smallest absolute Gasteiger partial charge is 0.387 e. The molecular formula is C32H43F2NO4. The van der Waals surface area contributed by atoms with E-state index in [1.165, 1.54) is 5.56 Å². The van der Waals surface area contributed by atoms with Gasteiger partial charge in [0.05, 0.1) is 13.0 Å². The van der Waals surface area contributed by atoms with Crippen molar-refractivity contribution in [3.8, 4) is 11.5 Å². The Morgan fingerprint density at radius 1 is 1.05 bits per heavy atom. The van der Waals surface area contributed by atoms with Crippen LogP contribution in [-0.4, -0.2) is 37.4 Å². The summed E-state index contributed by atoms with van der Waals surface area (Å²) in [5, 5.41) is 9.34. The molecule has 2 aromatic rings. The van der Waals surface area contributed by atoms with Crippen molar-refractivity contribution in [2.24, 2.45) is 17.3 Å². The van der Waals surface area contributed by atoms with E-state index < -0.39 is 12.6 Å². The van der Waals surface area contributed by atoms with E-state index in [1.807, 2.05) is 30.3 Å². The molecule has 1 saturated heterocycles. The number of piperidine rings is 1. The number of aryl methyl sites for hydroxylation is 1. The Labute approximate surface area is 231 Å². The molecule has 2 aliphatic rings. The Morgan fingerprint density at radius 3 is 2.44 bits per heavy atom. The van der Waals surface area contributed by atoms with E-state index in [1.54, 1.807) is 12.1 Å². The number of ether oxygens (including phenoxy) is 2. The molecule has 7 heteroatoms. The van der Waals surface area contributed by atoms with Crippen LogP contribution in [0.1, 0.15) is 82.8 Å². The number of hydrogen-bond acceptors (Lipinski definition) is 4. The molecule has 1 N–H and O–H groups in total. The van der Waals surface area contributed by atoms with Gasteiger partial charge in [0, 0.05) is 24.8 Å². The summed E-state index contributed by atoms with van der Waals surface area (Å²) in [6.45, 7) is 6.14. The molecule has 0 amide bonds. The van der Waals surface area contributed by atoms with Gasteiger partial charge in [0.2, 0.25) is 0 Å². The highest BCUT2D eigenvalue weighted by molar-refractivity contribution is 5.68. The number of nitrogens with zero attached hydrogens (tertiary/aromatic N) is 1. The predicted octanol–water partition coefficient (Wildman–Crippen LogP) is 7.92. The molecule has 0 bridgehead atoms. The minimum absolute atomic E-state index is 0.0525. The van der Waals surface area contributed by atoms with Gasteiger partial charge in [0.25, 0.3) is 0 Å². The van der Waals surface area contributed by atoms with Crippen LogP contribution in [0.2, 0.25) is 0 Å². The maximum Gasteiger partial charge on any atom is 0.387 e. The third-order valence-corrected chi connectivity index (χ3v) is 7.97. The van der Waals surface area contributed by atoms with E-state index in [-0.39, 0.29) is 23.5 Å². The van der Waals surface area contributed by atoms with Crippen LogP contribution < -0.4 is 14.4 Å². The van der Waals surface area contributed by atoms with Crippen molar-refractivity contribution >= 4 is 11.7 Å². The summed E-state index contributed by atoms with van der Waals surface area (Å²) in [6, 6.07) is 13.3. The molecule has 4 rings (SSSR count). The second-order valence-corrected chi connectivity index (χ2v) is 12.4. The molecule has 0 radical (unpaired) electrons. The lowest BCUT2D eigenvalue weighted by atomic mass is 9.88. The fourth-order valence-electron chi connectivity index (χ4n) is 5.67. The zero-order valence-corrected chi connectivity index (χ0v) is 23.5. The van der Waals surface area contributed by atoms with Gasteiger partial charge >= 0.3 is 12.6 Å². The Balaban J connectivity index is 1.34. The van der Waals surface area contributed by atoms with Crippen LogP contribution in [0.25, 0.3) is 0 Å². The first-order chi connectivity index (χ1) is 18.6. The SMILES string of the molecule is CC(C)(C)CCCc1ccc(OC(F)F)cc1N1CCC(COc2cccc(C(CC(=O)O)C3CC3)c2)CC1. The Morgan fingerprint density at radius 2 is 1.79 bits per heavy atom. The lowest BCUT2D eigenvalue weighted by Crippen LogP contribution is -2.36. The number of carboxylic acid groups (broad SMARTS) is 1. The Kier molecular flexibility index (Phi) is 9.73. The van der Waals surface area contributed by atoms with Gasteiger partial charge in [-0.1, -0.05) is 39.0 Å². The third-order valence-electron chi connectivity index (χ3n) is 7.97. The molecule has 1 atom stereocenters. The Hall–Kier alpha value is -2.83. The van der Waals surface area contributed by atoms with E-state index in [0.717, 1.165) is 75.0 Å². The standard InChI is InChI=1S/C32H43F2NO4/c1-32(2,3)15-5-7-24-11-12-27(39-31(33)34)19-29(24)35-16-13-22(14-17-35)21-38-26-8-4-6-25(18-26)28(20-30(36)37)23-9-10-23/h4,6,8,11-12,18-19,22-23,28,31H,5,7,9-10,13-17,20-21H2,1-3H3,(H,36,37). The number of benzene rings is 2. The van der Waals surface area contributed by atoms with Gasteiger partial charge in [0.1, 0.15) is 11.5 Å². The number of carbonyl (C=O) groups is 1. The minimum atomic E-state index is -2.84. The van der Waals surface area contributed by atoms with E-state index in [4.69, 9.17) is 9.47 Å². The molecule has 214 valence electrons. The molecule has 1 unspecified atom stereocenters. The molecule has 39 heavy (non-hydrogen) atoms. The number of rotatable bonds is 13. The van der Waals surface area contributed by atoms with Crippen LogP contribution in [-0.2, 0) is 11.2 Å². The molecule has 5 nitrogen and oxygen atoms in total. The van der Waals surface area contributed by atoms with Crippen LogP contribution in [0.15, 0.2) is 42.5 Å². The maximum absolute atomic E-state index is 12.9. The van der Waals surface area contributed by atoms with E-state index in [9.17, 15) is 18.7 Å². The van der Waals surface area contributed by atoms with Gasteiger partial charge in [-0.05, 0) is 97.4 Å². The summed E-state index contributed by atoms with van der Waals surface area (Å²) in [5.74, 6) is 1.16. The lowest BCUT2D eigenvalue weighted by molar-refractivity contribution is -0.137. The number of aliphatic carboxylic acids is 1. The molecule has 1 aliphatic heterocycles. The molecule has 0 spiro atoms. The fourth-order valence-corrected chi connectivity index (χ4v) is 5.67. The average Bonchev–Trinajstić information content (AvgIpc) is 3.72. The highest BCUT2D eigenvalue weighted by Crippen LogP contribution is 2.45. The summed E-state index contributed by atoms with van der Waals surface area (Å²) in [6.07, 6.45) is 7.30. The monoisotopic (exact) mass is 543 g/mol. The second-order valence-electron chi connectivity index (χ2n) is 12.4. The van der Waals surface area contributed by atoms with Crippen LogP contribution in [0.4, 0.5) is 14.5 Å². The number of hydrogen-bond donors (Lipinski definition) is 1. The number of anilines is 1. The van der Waals surface area contributed by atoms with Gasteiger partial charge < -0.3 is 19.5 Å². The summed E-state index contributed by atoms with van der Waals surface area (Å²) < 4.78 is 36.7. The van der Waals surface area contributed by atoms with Gasteiger partial charge in [-0.3, -0.25) is 4.79 Å². The van der Waals surface area contributed by atoms with Crippen LogP contribution in [0.5, 0.6) is 11.5 Å². The third kappa shape index (κ3) is 9.11. The number of carboxylic acids is 1. The van der Waals surface area contributed by atoms with E-state index in [0.29, 0.717) is 18.4 Å². The van der Waals surface area contributed by atoms with Crippen molar-refractivity contribution in [3.05, 3.63) is 53.6 Å². The predicted molar refractivity (Wildman–Crippen MR) is 150 cm³/mol. The maximum atomic E-state index is 12.9. The van der Waals surface area contributed by atoms with Crippen LogP contribution in [0, 0.1) is 17.3 Å². The van der Waals surface area contributed by atoms with E-state index in [2.05, 4.69) is 25.7 Å². The summed E-state index contributed by atoms with van der Waals surface area (Å²) in [5.41, 5.74) is 3.49. The van der Waals surface area contributed by atoms with Crippen molar-refractivity contribution in [1.82, 2.24) is 0 Å². The topological polar surface area (TPSA) is 59.0 Å². The van der Waals surface area contributed by atoms with Crippen molar-refractivity contribution in [3.63, 3.8) is 0 Å². The van der Waals surface area contributed by atoms with E-state index >= 15 is 0 Å². The minimum Gasteiger partial charge on any atom is -0.493 e. The van der Waals surface area contributed by atoms with Crippen molar-refractivity contribution in [1.29, 1.82) is 0 Å². The molecular weight excluding hydrogens is 500 g/mol. The average molecular weight is 544 g/mol. The van der Waals surface area contributed by atoms with Gasteiger partial charge in [-0.2, -0.15) is 8.78 Å². The highest BCUT2D eigenvalue weighted by atomic mass is 19.3. The summed E-state index contributed by atoms with van der Waals surface area (Å²) >= 11 is 0. The summed E-state index contributed by atoms with van der Waals surface area (Å²) in [7, 11) is 0. The first kappa shape index (κ1) is 29.2. The van der Waals surface area contributed by atoms with Crippen LogP contribution >= 0.6 is 0 Å². The molecule has 1 saturated carbocycles. The Bertz CT molecular complexity index is 1090. The van der Waals surface area contributed by atoms with Crippen molar-refractivity contribution in [2.75, 3.05) is 24.6 Å². The first-order valence-corrected chi connectivity index (χ1v) is 14.3. The van der Waals surface area contributed by atoms with Crippen molar-refractivity contribution < 1.29 is 28.2 Å². The normalized spacial score (nSPS) is 17.3. The first-order valence-electron chi connectivity index (χ1n) is 14.3. The lowest BCUT2D eigenvalue weighted by Gasteiger charge is -2.35. The molecule has 1 aliphatic carbocycles. The number of alkyl halides is 2. The zero-order chi connectivity index (χ0) is 28.0. The second kappa shape index (κ2) is 13.0. The molecule has 0 aromatic heterocycles. The molecule has 1 heterocycles. The largest absolute Gasteiger partial charge is 0.493 e. The van der Waals surface area contributed by atoms with Crippen molar-refractivity contribution in [2.45, 2.75) is 84.7 Å². The number of halogens is 2. The molecule has 2 fully saturated rings. The van der Waals surface area contributed by atoms with Crippen LogP contribution in [0.3, 0.4) is 0 Å². The fraction of sp³-hybridized carbons (Fsp3) is 0.594. The van der Waals surface area contributed by atoms with Gasteiger partial charge in [0.15, 0.2) is 0 Å². The zero-order valence-electron chi connectivity index (χ0n) is 23.5.